The Morgan fingerprint density at radius 2 is 2.16 bits per heavy atom. The number of anilines is 1. The summed E-state index contributed by atoms with van der Waals surface area (Å²) in [5.41, 5.74) is 3.08. The smallest absolute Gasteiger partial charge is 0.160 e. The highest BCUT2D eigenvalue weighted by Crippen LogP contribution is 2.27. The molecule has 1 aromatic heterocycles. The van der Waals surface area contributed by atoms with Gasteiger partial charge in [-0.25, -0.2) is 4.98 Å². The van der Waals surface area contributed by atoms with E-state index < -0.39 is 0 Å². The summed E-state index contributed by atoms with van der Waals surface area (Å²) < 4.78 is 0. The minimum absolute atomic E-state index is 0.155. The van der Waals surface area contributed by atoms with Gasteiger partial charge in [-0.2, -0.15) is 0 Å². The molecule has 0 spiro atoms. The maximum Gasteiger partial charge on any atom is 0.160 e. The van der Waals surface area contributed by atoms with Crippen LogP contribution in [0.15, 0.2) is 6.07 Å². The lowest BCUT2D eigenvalue weighted by atomic mass is 9.99. The van der Waals surface area contributed by atoms with E-state index in [4.69, 9.17) is 4.98 Å². The topological polar surface area (TPSA) is 33.2 Å². The quantitative estimate of drug-likeness (QED) is 0.778. The Balaban J connectivity index is 2.51. The molecule has 0 aromatic carbocycles. The number of Topliss-reactive ketones (excluding diaryl/α,β-unsaturated/α-hetero) is 1. The number of nitrogens with zero attached hydrogens (tertiary/aromatic N) is 2. The number of pyridine rings is 1. The summed E-state index contributed by atoms with van der Waals surface area (Å²) in [7, 11) is 0. The SMILES string of the molecule is CCc1nc(N2CCCC2C)cc(C(C)=O)c1CC. The highest BCUT2D eigenvalue weighted by atomic mass is 16.1. The van der Waals surface area contributed by atoms with Gasteiger partial charge in [-0.05, 0) is 51.2 Å². The third-order valence-corrected chi connectivity index (χ3v) is 4.11. The molecule has 0 amide bonds. The molecule has 1 aromatic rings. The molecule has 2 rings (SSSR count). The van der Waals surface area contributed by atoms with Crippen molar-refractivity contribution in [2.24, 2.45) is 0 Å². The summed E-state index contributed by atoms with van der Waals surface area (Å²) in [6.07, 6.45) is 4.20. The molecule has 104 valence electrons. The number of carbonyl (C=O) groups is 1. The molecular weight excluding hydrogens is 236 g/mol. The zero-order valence-electron chi connectivity index (χ0n) is 12.5. The molecular formula is C16H24N2O. The number of carbonyl (C=O) groups excluding carboxylic acids is 1. The molecule has 1 aliphatic rings. The molecule has 1 fully saturated rings. The number of ketones is 1. The monoisotopic (exact) mass is 260 g/mol. The van der Waals surface area contributed by atoms with Crippen LogP contribution in [0.2, 0.25) is 0 Å². The first-order valence-corrected chi connectivity index (χ1v) is 7.38. The number of hydrogen-bond donors (Lipinski definition) is 0. The first-order valence-electron chi connectivity index (χ1n) is 7.38. The van der Waals surface area contributed by atoms with Crippen molar-refractivity contribution in [3.05, 3.63) is 22.9 Å². The van der Waals surface area contributed by atoms with Crippen molar-refractivity contribution in [3.8, 4) is 0 Å². The van der Waals surface area contributed by atoms with E-state index in [2.05, 4.69) is 25.7 Å². The standard InChI is InChI=1S/C16H24N2O/c1-5-13-14(12(4)19)10-16(17-15(13)6-2)18-9-7-8-11(18)3/h10-11H,5-9H2,1-4H3. The van der Waals surface area contributed by atoms with E-state index >= 15 is 0 Å². The number of aryl methyl sites for hydroxylation is 1. The van der Waals surface area contributed by atoms with E-state index in [1.165, 1.54) is 12.8 Å². The second kappa shape index (κ2) is 5.72. The van der Waals surface area contributed by atoms with Crippen LogP contribution in [0.25, 0.3) is 0 Å². The molecule has 0 N–H and O–H groups in total. The van der Waals surface area contributed by atoms with Gasteiger partial charge in [-0.3, -0.25) is 4.79 Å². The lowest BCUT2D eigenvalue weighted by Crippen LogP contribution is -2.28. The van der Waals surface area contributed by atoms with Crippen molar-refractivity contribution >= 4 is 11.6 Å². The fourth-order valence-corrected chi connectivity index (χ4v) is 3.03. The normalized spacial score (nSPS) is 18.9. The second-order valence-electron chi connectivity index (χ2n) is 5.40. The Morgan fingerprint density at radius 3 is 2.63 bits per heavy atom. The van der Waals surface area contributed by atoms with Gasteiger partial charge < -0.3 is 4.90 Å². The largest absolute Gasteiger partial charge is 0.354 e. The average molecular weight is 260 g/mol. The van der Waals surface area contributed by atoms with Gasteiger partial charge in [0.15, 0.2) is 5.78 Å². The van der Waals surface area contributed by atoms with Crippen LogP contribution in [0.3, 0.4) is 0 Å². The molecule has 1 saturated heterocycles. The van der Waals surface area contributed by atoms with E-state index in [1.807, 2.05) is 6.07 Å². The second-order valence-corrected chi connectivity index (χ2v) is 5.40. The van der Waals surface area contributed by atoms with Gasteiger partial charge >= 0.3 is 0 Å². The molecule has 1 unspecified atom stereocenters. The van der Waals surface area contributed by atoms with Crippen LogP contribution in [0.1, 0.15) is 62.2 Å². The van der Waals surface area contributed by atoms with Gasteiger partial charge in [0.2, 0.25) is 0 Å². The van der Waals surface area contributed by atoms with Crippen LogP contribution in [0.4, 0.5) is 5.82 Å². The molecule has 1 aliphatic heterocycles. The summed E-state index contributed by atoms with van der Waals surface area (Å²) in [6, 6.07) is 2.53. The Hall–Kier alpha value is -1.38. The van der Waals surface area contributed by atoms with E-state index in [9.17, 15) is 4.79 Å². The molecule has 3 nitrogen and oxygen atoms in total. The van der Waals surface area contributed by atoms with Gasteiger partial charge in [-0.1, -0.05) is 13.8 Å². The molecule has 0 radical (unpaired) electrons. The van der Waals surface area contributed by atoms with Crippen LogP contribution in [0, 0.1) is 0 Å². The third kappa shape index (κ3) is 2.65. The molecule has 0 aliphatic carbocycles. The van der Waals surface area contributed by atoms with Crippen molar-refractivity contribution < 1.29 is 4.79 Å². The number of hydrogen-bond acceptors (Lipinski definition) is 3. The van der Waals surface area contributed by atoms with Crippen molar-refractivity contribution in [2.45, 2.75) is 59.4 Å². The van der Waals surface area contributed by atoms with E-state index in [-0.39, 0.29) is 5.78 Å². The number of aromatic nitrogens is 1. The maximum atomic E-state index is 11.9. The maximum absolute atomic E-state index is 11.9. The summed E-state index contributed by atoms with van der Waals surface area (Å²) >= 11 is 0. The Bertz CT molecular complexity index is 482. The van der Waals surface area contributed by atoms with Gasteiger partial charge in [0.1, 0.15) is 5.82 Å². The lowest BCUT2D eigenvalue weighted by Gasteiger charge is -2.24. The first-order chi connectivity index (χ1) is 9.08. The minimum atomic E-state index is 0.155. The van der Waals surface area contributed by atoms with Crippen LogP contribution in [-0.2, 0) is 12.8 Å². The molecule has 0 bridgehead atoms. The lowest BCUT2D eigenvalue weighted by molar-refractivity contribution is 0.101. The van der Waals surface area contributed by atoms with E-state index in [0.29, 0.717) is 6.04 Å². The van der Waals surface area contributed by atoms with Gasteiger partial charge in [0.25, 0.3) is 0 Å². The fraction of sp³-hybridized carbons (Fsp3) is 0.625. The highest BCUT2D eigenvalue weighted by Gasteiger charge is 2.24. The Morgan fingerprint density at radius 1 is 1.42 bits per heavy atom. The molecule has 3 heteroatoms. The highest BCUT2D eigenvalue weighted by molar-refractivity contribution is 5.96. The summed E-state index contributed by atoms with van der Waals surface area (Å²) in [4.78, 5) is 19.0. The predicted octanol–water partition coefficient (Wildman–Crippen LogP) is 3.40. The Kier molecular flexibility index (Phi) is 4.23. The zero-order chi connectivity index (χ0) is 14.0. The minimum Gasteiger partial charge on any atom is -0.354 e. The summed E-state index contributed by atoms with van der Waals surface area (Å²) in [5.74, 6) is 1.14. The molecule has 0 saturated carbocycles. The summed E-state index contributed by atoms with van der Waals surface area (Å²) in [6.45, 7) is 9.16. The van der Waals surface area contributed by atoms with E-state index in [0.717, 1.165) is 42.0 Å². The van der Waals surface area contributed by atoms with Gasteiger partial charge in [0.05, 0.1) is 0 Å². The van der Waals surface area contributed by atoms with Crippen LogP contribution >= 0.6 is 0 Å². The zero-order valence-corrected chi connectivity index (χ0v) is 12.5. The van der Waals surface area contributed by atoms with E-state index in [1.54, 1.807) is 6.92 Å². The fourth-order valence-electron chi connectivity index (χ4n) is 3.03. The Labute approximate surface area is 116 Å². The van der Waals surface area contributed by atoms with Crippen LogP contribution < -0.4 is 4.90 Å². The van der Waals surface area contributed by atoms with Crippen LogP contribution in [-0.4, -0.2) is 23.4 Å². The third-order valence-electron chi connectivity index (χ3n) is 4.11. The van der Waals surface area contributed by atoms with Crippen molar-refractivity contribution in [3.63, 3.8) is 0 Å². The molecule has 1 atom stereocenters. The van der Waals surface area contributed by atoms with Gasteiger partial charge in [-0.15, -0.1) is 0 Å². The van der Waals surface area contributed by atoms with Crippen molar-refractivity contribution in [1.82, 2.24) is 4.98 Å². The average Bonchev–Trinajstić information content (AvgIpc) is 2.83. The molecule has 19 heavy (non-hydrogen) atoms. The molecule has 2 heterocycles. The van der Waals surface area contributed by atoms with Crippen molar-refractivity contribution in [1.29, 1.82) is 0 Å². The predicted molar refractivity (Wildman–Crippen MR) is 79.0 cm³/mol. The first kappa shape index (κ1) is 14.0. The number of rotatable bonds is 4. The van der Waals surface area contributed by atoms with Gasteiger partial charge in [0, 0.05) is 23.8 Å². The van der Waals surface area contributed by atoms with Crippen LogP contribution in [0.5, 0.6) is 0 Å². The summed E-state index contributed by atoms with van der Waals surface area (Å²) in [5, 5.41) is 0. The van der Waals surface area contributed by atoms with Crippen molar-refractivity contribution in [2.75, 3.05) is 11.4 Å².